The summed E-state index contributed by atoms with van der Waals surface area (Å²) in [5.41, 5.74) is 11.9. The molecule has 0 heterocycles. The molecule has 4 nitrogen and oxygen atoms in total. The predicted molar refractivity (Wildman–Crippen MR) is 113 cm³/mol. The minimum atomic E-state index is -4.31. The second-order valence-corrected chi connectivity index (χ2v) is 7.13. The number of hydrogen-bond donors (Lipinski definition) is 0. The number of azide groups is 1. The van der Waals surface area contributed by atoms with Crippen molar-refractivity contribution in [1.29, 1.82) is 0 Å². The minimum Gasteiger partial charge on any atom is -0.369 e. The van der Waals surface area contributed by atoms with E-state index in [-0.39, 0.29) is 12.6 Å². The lowest BCUT2D eigenvalue weighted by Crippen LogP contribution is -2.08. The highest BCUT2D eigenvalue weighted by Crippen LogP contribution is 2.29. The van der Waals surface area contributed by atoms with Gasteiger partial charge in [-0.3, -0.25) is 0 Å². The molecule has 1 atom stereocenters. The largest absolute Gasteiger partial charge is 0.416 e. The minimum absolute atomic E-state index is 0.214. The summed E-state index contributed by atoms with van der Waals surface area (Å²) in [5, 5.41) is 3.64. The van der Waals surface area contributed by atoms with Crippen molar-refractivity contribution >= 4 is 0 Å². The van der Waals surface area contributed by atoms with Crippen LogP contribution < -0.4 is 0 Å². The first-order valence-corrected chi connectivity index (χ1v) is 9.87. The fraction of sp³-hybridized carbons (Fsp3) is 0.250. The van der Waals surface area contributed by atoms with Gasteiger partial charge < -0.3 is 4.74 Å². The van der Waals surface area contributed by atoms with Gasteiger partial charge in [-0.1, -0.05) is 71.8 Å². The van der Waals surface area contributed by atoms with E-state index in [1.807, 2.05) is 54.6 Å². The van der Waals surface area contributed by atoms with Crippen LogP contribution in [0.25, 0.3) is 10.4 Å². The Bertz CT molecular complexity index is 997. The molecule has 0 saturated carbocycles. The third kappa shape index (κ3) is 6.88. The number of halogens is 3. The molecule has 160 valence electrons. The van der Waals surface area contributed by atoms with Crippen molar-refractivity contribution in [2.75, 3.05) is 6.54 Å². The van der Waals surface area contributed by atoms with Crippen LogP contribution in [0.4, 0.5) is 13.2 Å². The van der Waals surface area contributed by atoms with Crippen LogP contribution in [0.5, 0.6) is 0 Å². The Morgan fingerprint density at radius 1 is 0.806 bits per heavy atom. The van der Waals surface area contributed by atoms with Crippen molar-refractivity contribution in [3.63, 3.8) is 0 Å². The van der Waals surface area contributed by atoms with Gasteiger partial charge in [0.25, 0.3) is 0 Å². The number of benzene rings is 3. The molecule has 3 aromatic carbocycles. The molecule has 0 aliphatic heterocycles. The highest BCUT2D eigenvalue weighted by Gasteiger charge is 2.29. The first-order chi connectivity index (χ1) is 15.0. The van der Waals surface area contributed by atoms with Gasteiger partial charge in [-0.2, -0.15) is 13.2 Å². The molecule has 0 saturated heterocycles. The molecule has 0 bridgehead atoms. The quantitative estimate of drug-likeness (QED) is 0.206. The van der Waals surface area contributed by atoms with Gasteiger partial charge in [0.1, 0.15) is 0 Å². The highest BCUT2D eigenvalue weighted by molar-refractivity contribution is 5.27. The normalized spacial score (nSPS) is 12.2. The molecule has 0 unspecified atom stereocenters. The molecular weight excluding hydrogens is 403 g/mol. The van der Waals surface area contributed by atoms with Crippen LogP contribution in [0, 0.1) is 0 Å². The van der Waals surface area contributed by atoms with E-state index in [9.17, 15) is 13.2 Å². The zero-order valence-corrected chi connectivity index (χ0v) is 16.8. The fourth-order valence-electron chi connectivity index (χ4n) is 3.18. The summed E-state index contributed by atoms with van der Waals surface area (Å²) in [6, 6.07) is 22.8. The van der Waals surface area contributed by atoms with E-state index in [4.69, 9.17) is 10.3 Å². The van der Waals surface area contributed by atoms with Gasteiger partial charge in [-0.05, 0) is 52.8 Å². The van der Waals surface area contributed by atoms with E-state index in [2.05, 4.69) is 10.0 Å². The summed E-state index contributed by atoms with van der Waals surface area (Å²) in [6.45, 7) is 0.589. The third-order valence-electron chi connectivity index (χ3n) is 4.94. The third-order valence-corrected chi connectivity index (χ3v) is 4.94. The summed E-state index contributed by atoms with van der Waals surface area (Å²) in [6.07, 6.45) is -3.24. The number of alkyl halides is 3. The number of hydrogen-bond acceptors (Lipinski definition) is 2. The number of rotatable bonds is 9. The lowest BCUT2D eigenvalue weighted by molar-refractivity contribution is -0.137. The maximum Gasteiger partial charge on any atom is 0.416 e. The smallest absolute Gasteiger partial charge is 0.369 e. The van der Waals surface area contributed by atoms with Crippen LogP contribution in [-0.4, -0.2) is 6.54 Å². The monoisotopic (exact) mass is 425 g/mol. The molecule has 3 rings (SSSR count). The maximum absolute atomic E-state index is 12.6. The van der Waals surface area contributed by atoms with E-state index in [1.54, 1.807) is 0 Å². The summed E-state index contributed by atoms with van der Waals surface area (Å²) < 4.78 is 43.9. The Hall–Kier alpha value is -3.28. The zero-order chi connectivity index (χ0) is 22.1. The molecule has 0 aliphatic carbocycles. The molecule has 0 amide bonds. The van der Waals surface area contributed by atoms with Gasteiger partial charge in [0.15, 0.2) is 0 Å². The van der Waals surface area contributed by atoms with Crippen molar-refractivity contribution in [2.45, 2.75) is 31.7 Å². The van der Waals surface area contributed by atoms with E-state index in [0.717, 1.165) is 40.8 Å². The lowest BCUT2D eigenvalue weighted by atomic mass is 10.0. The molecule has 7 heteroatoms. The van der Waals surface area contributed by atoms with Crippen LogP contribution in [0.15, 0.2) is 84.0 Å². The van der Waals surface area contributed by atoms with Gasteiger partial charge >= 0.3 is 6.18 Å². The second-order valence-electron chi connectivity index (χ2n) is 7.13. The van der Waals surface area contributed by atoms with E-state index in [1.165, 1.54) is 12.1 Å². The SMILES string of the molecule is [N-]=[N+]=NC[C@H](OCc1ccc(CCc2ccc(C(F)(F)F)cc2)cc1)c1ccccc1. The standard InChI is InChI=1S/C24H22F3N3O/c25-24(26,27)22-14-12-19(13-15-22)7-6-18-8-10-20(11-9-18)17-31-23(16-29-30-28)21-4-2-1-3-5-21/h1-5,8-15,23H,6-7,16-17H2/t23-/m0/s1. The number of nitrogens with zero attached hydrogens (tertiary/aromatic N) is 3. The Labute approximate surface area is 178 Å². The van der Waals surface area contributed by atoms with Gasteiger partial charge in [0.2, 0.25) is 0 Å². The van der Waals surface area contributed by atoms with E-state index in [0.29, 0.717) is 13.0 Å². The van der Waals surface area contributed by atoms with Crippen LogP contribution in [0.2, 0.25) is 0 Å². The highest BCUT2D eigenvalue weighted by atomic mass is 19.4. The first-order valence-electron chi connectivity index (χ1n) is 9.87. The Balaban J connectivity index is 1.54. The molecule has 31 heavy (non-hydrogen) atoms. The first kappa shape index (κ1) is 22.4. The van der Waals surface area contributed by atoms with Crippen LogP contribution in [-0.2, 0) is 30.4 Å². The van der Waals surface area contributed by atoms with Crippen molar-refractivity contribution in [2.24, 2.45) is 5.11 Å². The molecule has 3 aromatic rings. The fourth-order valence-corrected chi connectivity index (χ4v) is 3.18. The van der Waals surface area contributed by atoms with Crippen LogP contribution >= 0.6 is 0 Å². The Morgan fingerprint density at radius 3 is 1.90 bits per heavy atom. The molecule has 0 spiro atoms. The molecule has 0 aromatic heterocycles. The molecule has 0 aliphatic rings. The van der Waals surface area contributed by atoms with Crippen molar-refractivity contribution < 1.29 is 17.9 Å². The molecule has 0 fully saturated rings. The zero-order valence-electron chi connectivity index (χ0n) is 16.8. The maximum atomic E-state index is 12.6. The molecule has 0 radical (unpaired) electrons. The summed E-state index contributed by atoms with van der Waals surface area (Å²) in [4.78, 5) is 2.82. The van der Waals surface area contributed by atoms with E-state index >= 15 is 0 Å². The van der Waals surface area contributed by atoms with Crippen LogP contribution in [0.3, 0.4) is 0 Å². The van der Waals surface area contributed by atoms with Gasteiger partial charge in [-0.15, -0.1) is 0 Å². The van der Waals surface area contributed by atoms with Crippen LogP contribution in [0.1, 0.15) is 33.9 Å². The summed E-state index contributed by atoms with van der Waals surface area (Å²) in [5.74, 6) is 0. The Morgan fingerprint density at radius 2 is 1.35 bits per heavy atom. The Kier molecular flexibility index (Phi) is 7.70. The lowest BCUT2D eigenvalue weighted by Gasteiger charge is -2.16. The molecule has 0 N–H and O–H groups in total. The topological polar surface area (TPSA) is 58.0 Å². The van der Waals surface area contributed by atoms with Gasteiger partial charge in [0.05, 0.1) is 24.8 Å². The van der Waals surface area contributed by atoms with Crippen molar-refractivity contribution in [3.05, 3.63) is 117 Å². The summed E-state index contributed by atoms with van der Waals surface area (Å²) in [7, 11) is 0. The summed E-state index contributed by atoms with van der Waals surface area (Å²) >= 11 is 0. The predicted octanol–water partition coefficient (Wildman–Crippen LogP) is 7.06. The molecular formula is C24H22F3N3O. The van der Waals surface area contributed by atoms with Crippen molar-refractivity contribution in [3.8, 4) is 0 Å². The average molecular weight is 425 g/mol. The van der Waals surface area contributed by atoms with Gasteiger partial charge in [0, 0.05) is 4.91 Å². The van der Waals surface area contributed by atoms with Gasteiger partial charge in [-0.25, -0.2) is 0 Å². The number of aryl methyl sites for hydroxylation is 2. The van der Waals surface area contributed by atoms with E-state index < -0.39 is 11.7 Å². The number of ether oxygens (including phenoxy) is 1. The average Bonchev–Trinajstić information content (AvgIpc) is 2.79. The second kappa shape index (κ2) is 10.7. The van der Waals surface area contributed by atoms with Crippen molar-refractivity contribution in [1.82, 2.24) is 0 Å².